The molecule has 0 saturated carbocycles. The van der Waals surface area contributed by atoms with E-state index in [4.69, 9.17) is 11.6 Å². The molecule has 136 valence electrons. The molecule has 0 saturated heterocycles. The van der Waals surface area contributed by atoms with E-state index in [1.54, 1.807) is 23.1 Å². The van der Waals surface area contributed by atoms with Crippen LogP contribution in [-0.4, -0.2) is 27.1 Å². The van der Waals surface area contributed by atoms with E-state index in [-0.39, 0.29) is 18.0 Å². The maximum atomic E-state index is 12.7. The van der Waals surface area contributed by atoms with Crippen molar-refractivity contribution < 1.29 is 4.79 Å². The zero-order valence-corrected chi connectivity index (χ0v) is 15.4. The van der Waals surface area contributed by atoms with Crippen molar-refractivity contribution in [3.63, 3.8) is 0 Å². The number of halogens is 1. The molecule has 5 nitrogen and oxygen atoms in total. The van der Waals surface area contributed by atoms with Gasteiger partial charge < -0.3 is 4.90 Å². The fourth-order valence-electron chi connectivity index (χ4n) is 3.27. The van der Waals surface area contributed by atoms with Crippen molar-refractivity contribution in [2.45, 2.75) is 19.5 Å². The average molecular weight is 380 g/mol. The number of benzene rings is 2. The summed E-state index contributed by atoms with van der Waals surface area (Å²) in [5.74, 6) is -0.104. The lowest BCUT2D eigenvalue weighted by molar-refractivity contribution is -0.133. The van der Waals surface area contributed by atoms with E-state index in [9.17, 15) is 9.59 Å². The van der Waals surface area contributed by atoms with Gasteiger partial charge in [0.25, 0.3) is 5.56 Å². The summed E-state index contributed by atoms with van der Waals surface area (Å²) >= 11 is 5.92. The highest BCUT2D eigenvalue weighted by molar-refractivity contribution is 6.30. The Morgan fingerprint density at radius 1 is 1.00 bits per heavy atom. The Hall–Kier alpha value is -2.92. The lowest BCUT2D eigenvalue weighted by Gasteiger charge is -2.29. The van der Waals surface area contributed by atoms with Crippen LogP contribution in [0.3, 0.4) is 0 Å². The van der Waals surface area contributed by atoms with E-state index in [2.05, 4.69) is 11.2 Å². The molecule has 2 aromatic carbocycles. The zero-order chi connectivity index (χ0) is 18.8. The van der Waals surface area contributed by atoms with Crippen molar-refractivity contribution in [3.05, 3.63) is 87.2 Å². The second-order valence-electron chi connectivity index (χ2n) is 6.56. The third kappa shape index (κ3) is 3.78. The van der Waals surface area contributed by atoms with Gasteiger partial charge >= 0.3 is 0 Å². The molecule has 1 amide bonds. The van der Waals surface area contributed by atoms with Gasteiger partial charge in [0.1, 0.15) is 6.54 Å². The molecule has 3 aromatic rings. The topological polar surface area (TPSA) is 55.2 Å². The predicted octanol–water partition coefficient (Wildman–Crippen LogP) is 3.15. The highest BCUT2D eigenvalue weighted by Crippen LogP contribution is 2.20. The van der Waals surface area contributed by atoms with Crippen LogP contribution in [0.4, 0.5) is 0 Å². The first kappa shape index (κ1) is 17.5. The predicted molar refractivity (Wildman–Crippen MR) is 105 cm³/mol. The summed E-state index contributed by atoms with van der Waals surface area (Å²) in [5.41, 5.74) is 3.61. The van der Waals surface area contributed by atoms with E-state index in [0.717, 1.165) is 17.5 Å². The van der Waals surface area contributed by atoms with Crippen molar-refractivity contribution >= 4 is 17.5 Å². The minimum atomic E-state index is -0.293. The zero-order valence-electron chi connectivity index (χ0n) is 14.6. The number of carbonyl (C=O) groups is 1. The van der Waals surface area contributed by atoms with Gasteiger partial charge in [0.15, 0.2) is 0 Å². The van der Waals surface area contributed by atoms with Crippen molar-refractivity contribution in [2.24, 2.45) is 0 Å². The molecule has 0 aliphatic carbocycles. The maximum absolute atomic E-state index is 12.7. The van der Waals surface area contributed by atoms with Crippen molar-refractivity contribution in [1.29, 1.82) is 0 Å². The van der Waals surface area contributed by atoms with Crippen LogP contribution >= 0.6 is 11.6 Å². The minimum absolute atomic E-state index is 0.0670. The van der Waals surface area contributed by atoms with Crippen molar-refractivity contribution in [2.75, 3.05) is 6.54 Å². The van der Waals surface area contributed by atoms with Crippen LogP contribution in [0, 0.1) is 0 Å². The highest BCUT2D eigenvalue weighted by Gasteiger charge is 2.21. The molecular formula is C21H18ClN3O2. The second-order valence-corrected chi connectivity index (χ2v) is 6.99. The Labute approximate surface area is 161 Å². The van der Waals surface area contributed by atoms with Gasteiger partial charge in [0.05, 0.1) is 5.69 Å². The number of fused-ring (bicyclic) bond motifs is 1. The fourth-order valence-corrected chi connectivity index (χ4v) is 3.40. The van der Waals surface area contributed by atoms with Crippen LogP contribution < -0.4 is 5.56 Å². The van der Waals surface area contributed by atoms with Crippen LogP contribution in [0.25, 0.3) is 11.3 Å². The number of hydrogen-bond acceptors (Lipinski definition) is 3. The second kappa shape index (κ2) is 7.37. The quantitative estimate of drug-likeness (QED) is 0.702. The highest BCUT2D eigenvalue weighted by atomic mass is 35.5. The Kier molecular flexibility index (Phi) is 4.77. The lowest BCUT2D eigenvalue weighted by Crippen LogP contribution is -2.40. The number of nitrogens with zero attached hydrogens (tertiary/aromatic N) is 3. The third-order valence-electron chi connectivity index (χ3n) is 4.77. The Morgan fingerprint density at radius 2 is 1.74 bits per heavy atom. The maximum Gasteiger partial charge on any atom is 0.267 e. The summed E-state index contributed by atoms with van der Waals surface area (Å²) in [6.45, 7) is 1.16. The molecule has 27 heavy (non-hydrogen) atoms. The molecule has 4 rings (SSSR count). The van der Waals surface area contributed by atoms with Gasteiger partial charge in [-0.2, -0.15) is 5.10 Å². The van der Waals surface area contributed by atoms with Crippen LogP contribution in [-0.2, 0) is 24.3 Å². The Morgan fingerprint density at radius 3 is 2.52 bits per heavy atom. The molecule has 0 bridgehead atoms. The standard InChI is InChI=1S/C21H18ClN3O2/c22-18-7-5-16(6-8-18)19-9-10-20(26)25(23-19)14-21(27)24-12-11-15-3-1-2-4-17(15)13-24/h1-10H,11-14H2. The van der Waals surface area contributed by atoms with Gasteiger partial charge in [-0.3, -0.25) is 9.59 Å². The van der Waals surface area contributed by atoms with Gasteiger partial charge in [-0.1, -0.05) is 48.0 Å². The van der Waals surface area contributed by atoms with Crippen LogP contribution in [0.5, 0.6) is 0 Å². The number of rotatable bonds is 3. The molecule has 0 unspecified atom stereocenters. The van der Waals surface area contributed by atoms with Crippen LogP contribution in [0.1, 0.15) is 11.1 Å². The number of aromatic nitrogens is 2. The molecular weight excluding hydrogens is 362 g/mol. The molecule has 1 aromatic heterocycles. The van der Waals surface area contributed by atoms with E-state index >= 15 is 0 Å². The largest absolute Gasteiger partial charge is 0.336 e. The molecule has 1 aliphatic heterocycles. The Balaban J connectivity index is 1.54. The third-order valence-corrected chi connectivity index (χ3v) is 5.03. The van der Waals surface area contributed by atoms with Gasteiger partial charge in [0.2, 0.25) is 5.91 Å². The number of hydrogen-bond donors (Lipinski definition) is 0. The molecule has 1 aliphatic rings. The minimum Gasteiger partial charge on any atom is -0.336 e. The summed E-state index contributed by atoms with van der Waals surface area (Å²) in [6.07, 6.45) is 0.828. The summed E-state index contributed by atoms with van der Waals surface area (Å²) in [4.78, 5) is 26.7. The monoisotopic (exact) mass is 379 g/mol. The smallest absolute Gasteiger partial charge is 0.267 e. The molecule has 0 N–H and O–H groups in total. The molecule has 0 fully saturated rings. The first-order valence-corrected chi connectivity index (χ1v) is 9.16. The summed E-state index contributed by atoms with van der Waals surface area (Å²) < 4.78 is 1.23. The molecule has 0 spiro atoms. The lowest BCUT2D eigenvalue weighted by atomic mass is 10.00. The van der Waals surface area contributed by atoms with E-state index in [1.165, 1.54) is 16.3 Å². The van der Waals surface area contributed by atoms with Gasteiger partial charge in [-0.25, -0.2) is 4.68 Å². The van der Waals surface area contributed by atoms with Crippen molar-refractivity contribution in [1.82, 2.24) is 14.7 Å². The van der Waals surface area contributed by atoms with E-state index in [0.29, 0.717) is 23.8 Å². The molecule has 0 atom stereocenters. The van der Waals surface area contributed by atoms with E-state index in [1.807, 2.05) is 30.3 Å². The first-order valence-electron chi connectivity index (χ1n) is 8.79. The Bertz CT molecular complexity index is 1040. The molecule has 2 heterocycles. The summed E-state index contributed by atoms with van der Waals surface area (Å²) in [6, 6.07) is 18.4. The van der Waals surface area contributed by atoms with Crippen molar-refractivity contribution in [3.8, 4) is 11.3 Å². The SMILES string of the molecule is O=C(Cn1nc(-c2ccc(Cl)cc2)ccc1=O)N1CCc2ccccc2C1. The van der Waals surface area contributed by atoms with Crippen LogP contribution in [0.15, 0.2) is 65.5 Å². The van der Waals surface area contributed by atoms with Crippen LogP contribution in [0.2, 0.25) is 5.02 Å². The summed E-state index contributed by atoms with van der Waals surface area (Å²) in [5, 5.41) is 5.00. The number of amides is 1. The first-order chi connectivity index (χ1) is 13.1. The molecule has 6 heteroatoms. The normalized spacial score (nSPS) is 13.3. The van der Waals surface area contributed by atoms with E-state index < -0.39 is 0 Å². The average Bonchev–Trinajstić information content (AvgIpc) is 2.70. The molecule has 0 radical (unpaired) electrons. The van der Waals surface area contributed by atoms with Gasteiger partial charge in [-0.15, -0.1) is 0 Å². The number of carbonyl (C=O) groups excluding carboxylic acids is 1. The summed E-state index contributed by atoms with van der Waals surface area (Å²) in [7, 11) is 0. The fraction of sp³-hybridized carbons (Fsp3) is 0.190. The van der Waals surface area contributed by atoms with Gasteiger partial charge in [0, 0.05) is 29.7 Å². The van der Waals surface area contributed by atoms with Gasteiger partial charge in [-0.05, 0) is 35.7 Å².